The van der Waals surface area contributed by atoms with Crippen LogP contribution in [0.4, 0.5) is 0 Å². The van der Waals surface area contributed by atoms with Gasteiger partial charge in [-0.3, -0.25) is 9.63 Å². The van der Waals surface area contributed by atoms with Crippen molar-refractivity contribution in [3.05, 3.63) is 71.3 Å². The van der Waals surface area contributed by atoms with Crippen LogP contribution in [0.3, 0.4) is 0 Å². The first-order valence-corrected chi connectivity index (χ1v) is 16.6. The van der Waals surface area contributed by atoms with E-state index in [2.05, 4.69) is 0 Å². The van der Waals surface area contributed by atoms with E-state index in [9.17, 15) is 13.2 Å². The van der Waals surface area contributed by atoms with E-state index in [0.717, 1.165) is 17.4 Å². The Morgan fingerprint density at radius 2 is 1.49 bits per heavy atom. The Morgan fingerprint density at radius 1 is 0.867 bits per heavy atom. The summed E-state index contributed by atoms with van der Waals surface area (Å²) in [5, 5.41) is 1.22. The monoisotopic (exact) mass is 643 g/mol. The van der Waals surface area contributed by atoms with E-state index in [1.807, 2.05) is 42.5 Å². The van der Waals surface area contributed by atoms with Gasteiger partial charge in [0.15, 0.2) is 32.8 Å². The zero-order valence-corrected chi connectivity index (χ0v) is 27.1. The average Bonchev–Trinajstić information content (AvgIpc) is 3.54. The van der Waals surface area contributed by atoms with Gasteiger partial charge >= 0.3 is 0 Å². The van der Waals surface area contributed by atoms with E-state index in [-0.39, 0.29) is 48.9 Å². The van der Waals surface area contributed by atoms with Gasteiger partial charge in [-0.2, -0.15) is 0 Å². The largest absolute Gasteiger partial charge is 0.493 e. The number of nitrogens with zero attached hydrogens (tertiary/aromatic N) is 1. The van der Waals surface area contributed by atoms with Crippen molar-refractivity contribution in [3.63, 3.8) is 0 Å². The molecule has 1 heterocycles. The molecule has 1 amide bonds. The van der Waals surface area contributed by atoms with E-state index in [1.54, 1.807) is 40.4 Å². The minimum absolute atomic E-state index is 0.0254. The number of amides is 1. The van der Waals surface area contributed by atoms with Crippen LogP contribution in [-0.2, 0) is 30.8 Å². The van der Waals surface area contributed by atoms with Crippen molar-refractivity contribution >= 4 is 16.2 Å². The summed E-state index contributed by atoms with van der Waals surface area (Å²) in [5.41, 5.74) is 2.45. The van der Waals surface area contributed by atoms with Gasteiger partial charge in [-0.15, -0.1) is 0 Å². The van der Waals surface area contributed by atoms with Gasteiger partial charge in [0.25, 0.3) is 0 Å². The van der Waals surface area contributed by atoms with Gasteiger partial charge < -0.3 is 28.4 Å². The lowest BCUT2D eigenvalue weighted by Crippen LogP contribution is -2.24. The van der Waals surface area contributed by atoms with Crippen LogP contribution >= 0.6 is 0 Å². The zero-order valence-electron chi connectivity index (χ0n) is 26.3. The summed E-state index contributed by atoms with van der Waals surface area (Å²) in [4.78, 5) is 17.2. The maximum Gasteiger partial charge on any atom is 0.233 e. The van der Waals surface area contributed by atoms with Gasteiger partial charge in [0.05, 0.1) is 53.3 Å². The highest BCUT2D eigenvalue weighted by Gasteiger charge is 2.32. The Labute approximate surface area is 264 Å². The molecule has 0 aliphatic carbocycles. The van der Waals surface area contributed by atoms with E-state index < -0.39 is 15.9 Å². The number of carbonyl (C=O) groups is 1. The van der Waals surface area contributed by atoms with Crippen LogP contribution in [0.2, 0.25) is 0 Å². The van der Waals surface area contributed by atoms with Crippen molar-refractivity contribution in [2.75, 3.05) is 47.3 Å². The normalized spacial score (nSPS) is 16.2. The van der Waals surface area contributed by atoms with Crippen molar-refractivity contribution in [2.24, 2.45) is 0 Å². The predicted octanol–water partition coefficient (Wildman–Crippen LogP) is 5.47. The maximum atomic E-state index is 12.9. The molecule has 3 aromatic rings. The van der Waals surface area contributed by atoms with Gasteiger partial charge in [0.1, 0.15) is 11.5 Å². The third kappa shape index (κ3) is 8.59. The highest BCUT2D eigenvalue weighted by molar-refractivity contribution is 7.90. The first-order chi connectivity index (χ1) is 21.7. The molecule has 2 atom stereocenters. The fourth-order valence-electron chi connectivity index (χ4n) is 5.15. The average molecular weight is 644 g/mol. The number of benzene rings is 3. The second-order valence-corrected chi connectivity index (χ2v) is 12.4. The molecule has 0 aromatic heterocycles. The van der Waals surface area contributed by atoms with E-state index in [4.69, 9.17) is 33.3 Å². The summed E-state index contributed by atoms with van der Waals surface area (Å²) in [6.45, 7) is 2.74. The molecule has 1 fully saturated rings. The molecule has 244 valence electrons. The number of ether oxygens (including phenoxy) is 6. The number of rotatable bonds is 17. The molecular formula is C33H41NO10S. The maximum absolute atomic E-state index is 12.9. The van der Waals surface area contributed by atoms with Crippen LogP contribution < -0.4 is 23.7 Å². The molecule has 1 aliphatic heterocycles. The standard InChI is InChI=1S/C33H41NO10S/c1-6-41-33-30(42-16-10-15-34(22-35)43-21-23-11-8-7-9-12-23)19-25(20-31(33)45(5,36)37)27-14-13-26(44-27)24-17-28(38-2)32(40-4)29(18-24)39-3/h7-9,11-12,17-20,22,26-27H,6,10,13-16,21H2,1-5H3. The van der Waals surface area contributed by atoms with Crippen molar-refractivity contribution in [1.82, 2.24) is 5.06 Å². The topological polar surface area (TPSA) is 119 Å². The molecule has 0 saturated carbocycles. The minimum atomic E-state index is -3.69. The molecule has 3 aromatic carbocycles. The van der Waals surface area contributed by atoms with Crippen LogP contribution in [-0.4, -0.2) is 67.2 Å². The van der Waals surface area contributed by atoms with Crippen molar-refractivity contribution < 1.29 is 46.5 Å². The van der Waals surface area contributed by atoms with Gasteiger partial charge in [0.2, 0.25) is 12.2 Å². The van der Waals surface area contributed by atoms with E-state index in [0.29, 0.717) is 48.5 Å². The summed E-state index contributed by atoms with van der Waals surface area (Å²) in [6, 6.07) is 16.6. The number of hydrogen-bond donors (Lipinski definition) is 0. The smallest absolute Gasteiger partial charge is 0.233 e. The predicted molar refractivity (Wildman–Crippen MR) is 167 cm³/mol. The lowest BCUT2D eigenvalue weighted by molar-refractivity contribution is -0.177. The number of hydrogen-bond acceptors (Lipinski definition) is 10. The Bertz CT molecular complexity index is 1500. The fourth-order valence-corrected chi connectivity index (χ4v) is 6.00. The number of hydroxylamine groups is 2. The molecule has 1 saturated heterocycles. The van der Waals surface area contributed by atoms with Gasteiger partial charge in [-0.1, -0.05) is 30.3 Å². The molecule has 12 heteroatoms. The fraction of sp³-hybridized carbons (Fsp3) is 0.424. The molecule has 1 aliphatic rings. The van der Waals surface area contributed by atoms with Crippen LogP contribution in [0.1, 0.15) is 55.1 Å². The lowest BCUT2D eigenvalue weighted by atomic mass is 10.0. The van der Waals surface area contributed by atoms with Gasteiger partial charge in [-0.25, -0.2) is 13.5 Å². The van der Waals surface area contributed by atoms with Gasteiger partial charge in [0, 0.05) is 12.7 Å². The first kappa shape index (κ1) is 33.9. The second-order valence-electron chi connectivity index (χ2n) is 10.4. The van der Waals surface area contributed by atoms with Crippen molar-refractivity contribution in [2.45, 2.75) is 49.9 Å². The lowest BCUT2D eigenvalue weighted by Gasteiger charge is -2.21. The summed E-state index contributed by atoms with van der Waals surface area (Å²) >= 11 is 0. The molecular weight excluding hydrogens is 602 g/mol. The molecule has 2 unspecified atom stereocenters. The van der Waals surface area contributed by atoms with Crippen LogP contribution in [0.5, 0.6) is 28.7 Å². The van der Waals surface area contributed by atoms with Gasteiger partial charge in [-0.05, 0) is 60.7 Å². The van der Waals surface area contributed by atoms with Crippen LogP contribution in [0.25, 0.3) is 0 Å². The quantitative estimate of drug-likeness (QED) is 0.106. The minimum Gasteiger partial charge on any atom is -0.493 e. The van der Waals surface area contributed by atoms with Crippen molar-refractivity contribution in [3.8, 4) is 28.7 Å². The van der Waals surface area contributed by atoms with Crippen molar-refractivity contribution in [1.29, 1.82) is 0 Å². The number of sulfone groups is 1. The van der Waals surface area contributed by atoms with Crippen LogP contribution in [0, 0.1) is 0 Å². The Kier molecular flexibility index (Phi) is 11.9. The summed E-state index contributed by atoms with van der Waals surface area (Å²) in [7, 11) is 0.976. The molecule has 4 rings (SSSR count). The number of carbonyl (C=O) groups excluding carboxylic acids is 1. The third-order valence-electron chi connectivity index (χ3n) is 7.32. The summed E-state index contributed by atoms with van der Waals surface area (Å²) in [6.07, 6.45) is 2.84. The summed E-state index contributed by atoms with van der Waals surface area (Å²) < 4.78 is 60.6. The third-order valence-corrected chi connectivity index (χ3v) is 8.42. The molecule has 11 nitrogen and oxygen atoms in total. The molecule has 0 bridgehead atoms. The molecule has 0 N–H and O–H groups in total. The zero-order chi connectivity index (χ0) is 32.4. The first-order valence-electron chi connectivity index (χ1n) is 14.7. The SMILES string of the molecule is CCOc1c(OCCCN(C=O)OCc2ccccc2)cc(C2CCC(c3cc(OC)c(OC)c(OC)c3)O2)cc1S(C)(=O)=O. The molecule has 45 heavy (non-hydrogen) atoms. The Morgan fingerprint density at radius 3 is 2.04 bits per heavy atom. The molecule has 0 spiro atoms. The second kappa shape index (κ2) is 15.8. The van der Waals surface area contributed by atoms with E-state index in [1.165, 1.54) is 5.06 Å². The molecule has 0 radical (unpaired) electrons. The highest BCUT2D eigenvalue weighted by Crippen LogP contribution is 2.48. The van der Waals surface area contributed by atoms with Crippen LogP contribution in [0.15, 0.2) is 59.5 Å². The summed E-state index contributed by atoms with van der Waals surface area (Å²) in [5.74, 6) is 1.97. The Hall–Kier alpha value is -4.00. The highest BCUT2D eigenvalue weighted by atomic mass is 32.2. The Balaban J connectivity index is 1.51. The van der Waals surface area contributed by atoms with E-state index >= 15 is 0 Å². The number of methoxy groups -OCH3 is 3.